The zero-order valence-corrected chi connectivity index (χ0v) is 9.66. The Kier molecular flexibility index (Phi) is 4.40. The maximum absolute atomic E-state index is 11.6. The van der Waals surface area contributed by atoms with E-state index in [1.807, 2.05) is 6.92 Å². The van der Waals surface area contributed by atoms with Gasteiger partial charge >= 0.3 is 0 Å². The minimum atomic E-state index is 0.100. The van der Waals surface area contributed by atoms with Crippen LogP contribution in [0, 0.1) is 12.8 Å². The first-order chi connectivity index (χ1) is 7.09. The highest BCUT2D eigenvalue weighted by Gasteiger charge is 2.07. The molecule has 0 aliphatic carbocycles. The van der Waals surface area contributed by atoms with E-state index in [0.717, 1.165) is 18.5 Å². The van der Waals surface area contributed by atoms with Gasteiger partial charge in [-0.1, -0.05) is 20.3 Å². The normalized spacial score (nSPS) is 10.7. The number of hydrogen-bond acceptors (Lipinski definition) is 3. The van der Waals surface area contributed by atoms with Gasteiger partial charge in [0.25, 0.3) is 0 Å². The van der Waals surface area contributed by atoms with Gasteiger partial charge in [-0.3, -0.25) is 9.78 Å². The van der Waals surface area contributed by atoms with Gasteiger partial charge in [-0.25, -0.2) is 4.98 Å². The average molecular weight is 206 g/mol. The third-order valence-corrected chi connectivity index (χ3v) is 2.25. The van der Waals surface area contributed by atoms with Gasteiger partial charge in [-0.2, -0.15) is 0 Å². The largest absolute Gasteiger partial charge is 0.292 e. The van der Waals surface area contributed by atoms with Gasteiger partial charge in [0.15, 0.2) is 5.78 Å². The van der Waals surface area contributed by atoms with Crippen molar-refractivity contribution in [3.8, 4) is 0 Å². The van der Waals surface area contributed by atoms with E-state index in [-0.39, 0.29) is 5.78 Å². The topological polar surface area (TPSA) is 42.9 Å². The van der Waals surface area contributed by atoms with Crippen LogP contribution in [0.25, 0.3) is 0 Å². The second-order valence-corrected chi connectivity index (χ2v) is 4.25. The highest BCUT2D eigenvalue weighted by Crippen LogP contribution is 2.09. The fraction of sp³-hybridized carbons (Fsp3) is 0.583. The molecule has 3 heteroatoms. The first-order valence-electron chi connectivity index (χ1n) is 5.41. The molecule has 0 aromatic carbocycles. The molecule has 15 heavy (non-hydrogen) atoms. The highest BCUT2D eigenvalue weighted by atomic mass is 16.1. The monoisotopic (exact) mass is 206 g/mol. The molecule has 0 spiro atoms. The Bertz CT molecular complexity index is 317. The predicted molar refractivity (Wildman–Crippen MR) is 59.8 cm³/mol. The lowest BCUT2D eigenvalue weighted by Crippen LogP contribution is -2.04. The molecule has 0 bridgehead atoms. The SMILES string of the molecule is Cc1cnc(C(=O)CCCC(C)C)cn1. The van der Waals surface area contributed by atoms with E-state index in [1.54, 1.807) is 12.4 Å². The van der Waals surface area contributed by atoms with E-state index in [9.17, 15) is 4.79 Å². The minimum Gasteiger partial charge on any atom is -0.292 e. The number of carbonyl (C=O) groups is 1. The van der Waals surface area contributed by atoms with Crippen LogP contribution in [0.1, 0.15) is 49.3 Å². The van der Waals surface area contributed by atoms with Crippen LogP contribution in [-0.2, 0) is 0 Å². The molecule has 3 nitrogen and oxygen atoms in total. The Labute approximate surface area is 91.0 Å². The Morgan fingerprint density at radius 3 is 2.60 bits per heavy atom. The molecular formula is C12H18N2O. The van der Waals surface area contributed by atoms with Crippen LogP contribution in [0.15, 0.2) is 12.4 Å². The maximum Gasteiger partial charge on any atom is 0.182 e. The Balaban J connectivity index is 2.43. The molecule has 1 rings (SSSR count). The number of rotatable bonds is 5. The van der Waals surface area contributed by atoms with Crippen molar-refractivity contribution in [1.29, 1.82) is 0 Å². The fourth-order valence-electron chi connectivity index (χ4n) is 1.34. The predicted octanol–water partition coefficient (Wildman–Crippen LogP) is 2.79. The average Bonchev–Trinajstić information content (AvgIpc) is 2.18. The molecule has 0 unspecified atom stereocenters. The van der Waals surface area contributed by atoms with Crippen LogP contribution in [0.5, 0.6) is 0 Å². The summed E-state index contributed by atoms with van der Waals surface area (Å²) >= 11 is 0. The van der Waals surface area contributed by atoms with Gasteiger partial charge in [0, 0.05) is 12.6 Å². The third kappa shape index (κ3) is 4.19. The third-order valence-electron chi connectivity index (χ3n) is 2.25. The molecule has 0 aliphatic rings. The zero-order chi connectivity index (χ0) is 11.3. The first-order valence-corrected chi connectivity index (χ1v) is 5.41. The van der Waals surface area contributed by atoms with Crippen LogP contribution >= 0.6 is 0 Å². The van der Waals surface area contributed by atoms with Crippen LogP contribution in [0.4, 0.5) is 0 Å². The number of Topliss-reactive ketones (excluding diaryl/α,β-unsaturated/α-hetero) is 1. The Morgan fingerprint density at radius 2 is 2.07 bits per heavy atom. The lowest BCUT2D eigenvalue weighted by atomic mass is 10.0. The number of hydrogen-bond donors (Lipinski definition) is 0. The lowest BCUT2D eigenvalue weighted by molar-refractivity contribution is 0.0973. The summed E-state index contributed by atoms with van der Waals surface area (Å²) in [7, 11) is 0. The van der Waals surface area contributed by atoms with Crippen LogP contribution in [-0.4, -0.2) is 15.8 Å². The molecule has 0 amide bonds. The van der Waals surface area contributed by atoms with Crippen molar-refractivity contribution in [1.82, 2.24) is 9.97 Å². The molecule has 0 N–H and O–H groups in total. The highest BCUT2D eigenvalue weighted by molar-refractivity contribution is 5.93. The molecule has 0 atom stereocenters. The first kappa shape index (κ1) is 11.8. The Morgan fingerprint density at radius 1 is 1.33 bits per heavy atom. The van der Waals surface area contributed by atoms with Gasteiger partial charge in [0.1, 0.15) is 5.69 Å². The van der Waals surface area contributed by atoms with E-state index >= 15 is 0 Å². The van der Waals surface area contributed by atoms with E-state index < -0.39 is 0 Å². The number of carbonyl (C=O) groups excluding carboxylic acids is 1. The molecule has 82 valence electrons. The summed E-state index contributed by atoms with van der Waals surface area (Å²) in [5.74, 6) is 0.755. The van der Waals surface area contributed by atoms with E-state index in [2.05, 4.69) is 23.8 Å². The van der Waals surface area contributed by atoms with Gasteiger partial charge in [-0.05, 0) is 19.3 Å². The van der Waals surface area contributed by atoms with Crippen molar-refractivity contribution in [2.45, 2.75) is 40.0 Å². The summed E-state index contributed by atoms with van der Waals surface area (Å²) in [5.41, 5.74) is 1.33. The van der Waals surface area contributed by atoms with Crippen molar-refractivity contribution in [2.24, 2.45) is 5.92 Å². The van der Waals surface area contributed by atoms with Gasteiger partial charge in [-0.15, -0.1) is 0 Å². The number of aryl methyl sites for hydroxylation is 1. The molecule has 0 aliphatic heterocycles. The molecule has 1 aromatic heterocycles. The number of nitrogens with zero attached hydrogens (tertiary/aromatic N) is 2. The molecule has 0 radical (unpaired) electrons. The van der Waals surface area contributed by atoms with Crippen LogP contribution in [0.2, 0.25) is 0 Å². The van der Waals surface area contributed by atoms with Crippen molar-refractivity contribution in [3.63, 3.8) is 0 Å². The Hall–Kier alpha value is -1.25. The smallest absolute Gasteiger partial charge is 0.182 e. The molecule has 0 saturated carbocycles. The molecule has 1 heterocycles. The summed E-state index contributed by atoms with van der Waals surface area (Å²) in [6, 6.07) is 0. The zero-order valence-electron chi connectivity index (χ0n) is 9.66. The van der Waals surface area contributed by atoms with Gasteiger partial charge in [0.05, 0.1) is 11.9 Å². The van der Waals surface area contributed by atoms with Gasteiger partial charge in [0.2, 0.25) is 0 Å². The fourth-order valence-corrected chi connectivity index (χ4v) is 1.34. The van der Waals surface area contributed by atoms with Crippen LogP contribution in [0.3, 0.4) is 0 Å². The van der Waals surface area contributed by atoms with E-state index in [1.165, 1.54) is 0 Å². The van der Waals surface area contributed by atoms with Crippen LogP contribution < -0.4 is 0 Å². The summed E-state index contributed by atoms with van der Waals surface area (Å²) in [4.78, 5) is 19.8. The number of aromatic nitrogens is 2. The maximum atomic E-state index is 11.6. The standard InChI is InChI=1S/C12H18N2O/c1-9(2)5-4-6-12(15)11-8-13-10(3)7-14-11/h7-9H,4-6H2,1-3H3. The lowest BCUT2D eigenvalue weighted by Gasteiger charge is -2.03. The summed E-state index contributed by atoms with van der Waals surface area (Å²) < 4.78 is 0. The molecular weight excluding hydrogens is 188 g/mol. The second kappa shape index (κ2) is 5.59. The van der Waals surface area contributed by atoms with Crippen molar-refractivity contribution < 1.29 is 4.79 Å². The summed E-state index contributed by atoms with van der Waals surface area (Å²) in [6.45, 7) is 6.19. The van der Waals surface area contributed by atoms with Crippen molar-refractivity contribution in [2.75, 3.05) is 0 Å². The van der Waals surface area contributed by atoms with E-state index in [0.29, 0.717) is 18.0 Å². The van der Waals surface area contributed by atoms with Gasteiger partial charge < -0.3 is 0 Å². The van der Waals surface area contributed by atoms with Crippen molar-refractivity contribution in [3.05, 3.63) is 23.8 Å². The molecule has 0 fully saturated rings. The number of ketones is 1. The summed E-state index contributed by atoms with van der Waals surface area (Å²) in [6.07, 6.45) is 5.80. The van der Waals surface area contributed by atoms with E-state index in [4.69, 9.17) is 0 Å². The molecule has 0 saturated heterocycles. The van der Waals surface area contributed by atoms with Crippen molar-refractivity contribution >= 4 is 5.78 Å². The quantitative estimate of drug-likeness (QED) is 0.696. The molecule has 1 aromatic rings. The second-order valence-electron chi connectivity index (χ2n) is 4.25. The minimum absolute atomic E-state index is 0.100. The summed E-state index contributed by atoms with van der Waals surface area (Å²) in [5, 5.41) is 0.